The maximum absolute atomic E-state index is 3.63. The van der Waals surface area contributed by atoms with E-state index in [-0.39, 0.29) is 10.8 Å². The second-order valence-electron chi connectivity index (χ2n) is 8.12. The molecule has 0 saturated carbocycles. The lowest BCUT2D eigenvalue weighted by atomic mass is 9.79. The number of rotatable bonds is 0. The highest BCUT2D eigenvalue weighted by Crippen LogP contribution is 2.37. The third-order valence-electron chi connectivity index (χ3n) is 4.29. The molecule has 0 unspecified atom stereocenters. The molecule has 1 N–H and O–H groups in total. The van der Waals surface area contributed by atoms with Crippen LogP contribution in [-0.2, 0) is 10.8 Å². The number of benzene rings is 2. The molecule has 0 saturated heterocycles. The van der Waals surface area contributed by atoms with Crippen molar-refractivity contribution in [1.29, 1.82) is 0 Å². The third-order valence-corrected chi connectivity index (χ3v) is 4.29. The predicted molar refractivity (Wildman–Crippen MR) is 93.2 cm³/mol. The highest BCUT2D eigenvalue weighted by molar-refractivity contribution is 6.08. The third kappa shape index (κ3) is 2.35. The molecule has 3 rings (SSSR count). The Balaban J connectivity index is 2.48. The van der Waals surface area contributed by atoms with Crippen LogP contribution in [0, 0.1) is 0 Å². The Labute approximate surface area is 127 Å². The molecule has 1 heterocycles. The number of H-pyrrole nitrogens is 1. The van der Waals surface area contributed by atoms with Gasteiger partial charge >= 0.3 is 0 Å². The molecule has 0 fully saturated rings. The number of fused-ring (bicyclic) bond motifs is 3. The van der Waals surface area contributed by atoms with E-state index in [0.717, 1.165) is 0 Å². The Kier molecular flexibility index (Phi) is 2.95. The van der Waals surface area contributed by atoms with E-state index >= 15 is 0 Å². The van der Waals surface area contributed by atoms with Gasteiger partial charge in [0.25, 0.3) is 0 Å². The molecule has 0 aliphatic heterocycles. The monoisotopic (exact) mass is 279 g/mol. The molecule has 1 heteroatoms. The van der Waals surface area contributed by atoms with Gasteiger partial charge in [-0.25, -0.2) is 0 Å². The van der Waals surface area contributed by atoms with Crippen LogP contribution >= 0.6 is 0 Å². The van der Waals surface area contributed by atoms with E-state index in [2.05, 4.69) is 82.9 Å². The van der Waals surface area contributed by atoms with Crippen LogP contribution in [0.1, 0.15) is 52.7 Å². The first-order chi connectivity index (χ1) is 9.68. The van der Waals surface area contributed by atoms with Crippen LogP contribution in [0.3, 0.4) is 0 Å². The zero-order valence-corrected chi connectivity index (χ0v) is 14.0. The average Bonchev–Trinajstić information content (AvgIpc) is 2.73. The molecular formula is C20H25N. The van der Waals surface area contributed by atoms with Crippen LogP contribution in [0.2, 0.25) is 0 Å². The zero-order valence-electron chi connectivity index (χ0n) is 14.0. The van der Waals surface area contributed by atoms with Crippen molar-refractivity contribution in [3.05, 3.63) is 47.5 Å². The minimum Gasteiger partial charge on any atom is -0.354 e. The largest absolute Gasteiger partial charge is 0.354 e. The summed E-state index contributed by atoms with van der Waals surface area (Å²) in [4.78, 5) is 3.63. The van der Waals surface area contributed by atoms with Gasteiger partial charge in [-0.2, -0.15) is 0 Å². The van der Waals surface area contributed by atoms with E-state index in [1.165, 1.54) is 32.9 Å². The first-order valence-electron chi connectivity index (χ1n) is 7.73. The molecule has 0 amide bonds. The zero-order chi connectivity index (χ0) is 15.4. The molecule has 1 aromatic heterocycles. The molecule has 21 heavy (non-hydrogen) atoms. The van der Waals surface area contributed by atoms with Crippen molar-refractivity contribution in [3.8, 4) is 0 Å². The highest BCUT2D eigenvalue weighted by atomic mass is 14.7. The van der Waals surface area contributed by atoms with Crippen LogP contribution < -0.4 is 0 Å². The Morgan fingerprint density at radius 2 is 1.43 bits per heavy atom. The maximum atomic E-state index is 3.63. The van der Waals surface area contributed by atoms with Gasteiger partial charge in [0, 0.05) is 16.3 Å². The average molecular weight is 279 g/mol. The summed E-state index contributed by atoms with van der Waals surface area (Å²) in [5.41, 5.74) is 5.61. The Morgan fingerprint density at radius 3 is 2.05 bits per heavy atom. The number of hydrogen-bond acceptors (Lipinski definition) is 0. The Morgan fingerprint density at radius 1 is 0.762 bits per heavy atom. The summed E-state index contributed by atoms with van der Waals surface area (Å²) in [5, 5.41) is 2.67. The van der Waals surface area contributed by atoms with E-state index in [1.807, 2.05) is 0 Å². The number of para-hydroxylation sites is 1. The van der Waals surface area contributed by atoms with E-state index < -0.39 is 0 Å². The van der Waals surface area contributed by atoms with Gasteiger partial charge in [-0.05, 0) is 34.1 Å². The number of aromatic nitrogens is 1. The molecule has 110 valence electrons. The van der Waals surface area contributed by atoms with Gasteiger partial charge in [-0.15, -0.1) is 0 Å². The highest BCUT2D eigenvalue weighted by Gasteiger charge is 2.23. The number of nitrogens with one attached hydrogen (secondary N) is 1. The standard InChI is InChI=1S/C20H25N/c1-19(2,3)13-11-15-14-9-7-8-10-17(14)21-18(15)16(12-13)20(4,5)6/h7-12,21H,1-6H3. The van der Waals surface area contributed by atoms with Gasteiger partial charge in [0.15, 0.2) is 0 Å². The summed E-state index contributed by atoms with van der Waals surface area (Å²) in [7, 11) is 0. The predicted octanol–water partition coefficient (Wildman–Crippen LogP) is 5.92. The summed E-state index contributed by atoms with van der Waals surface area (Å²) >= 11 is 0. The number of hydrogen-bond donors (Lipinski definition) is 1. The van der Waals surface area contributed by atoms with Crippen molar-refractivity contribution in [2.45, 2.75) is 52.4 Å². The molecule has 2 aromatic carbocycles. The molecule has 0 aliphatic carbocycles. The van der Waals surface area contributed by atoms with Crippen LogP contribution in [0.15, 0.2) is 36.4 Å². The van der Waals surface area contributed by atoms with Crippen molar-refractivity contribution in [1.82, 2.24) is 4.98 Å². The second-order valence-corrected chi connectivity index (χ2v) is 8.12. The smallest absolute Gasteiger partial charge is 0.0503 e. The fourth-order valence-corrected chi connectivity index (χ4v) is 2.98. The second kappa shape index (κ2) is 4.37. The van der Waals surface area contributed by atoms with Gasteiger partial charge in [0.2, 0.25) is 0 Å². The van der Waals surface area contributed by atoms with Crippen molar-refractivity contribution >= 4 is 21.8 Å². The van der Waals surface area contributed by atoms with Gasteiger partial charge < -0.3 is 4.98 Å². The maximum Gasteiger partial charge on any atom is 0.0503 e. The van der Waals surface area contributed by atoms with E-state index in [0.29, 0.717) is 0 Å². The lowest BCUT2D eigenvalue weighted by molar-refractivity contribution is 0.572. The Hall–Kier alpha value is -1.76. The van der Waals surface area contributed by atoms with Crippen LogP contribution in [0.5, 0.6) is 0 Å². The first kappa shape index (κ1) is 14.2. The molecule has 0 spiro atoms. The van der Waals surface area contributed by atoms with E-state index in [9.17, 15) is 0 Å². The summed E-state index contributed by atoms with van der Waals surface area (Å²) < 4.78 is 0. The molecule has 3 aromatic rings. The van der Waals surface area contributed by atoms with Gasteiger partial charge in [-0.3, -0.25) is 0 Å². The first-order valence-corrected chi connectivity index (χ1v) is 7.73. The molecule has 0 atom stereocenters. The molecule has 0 radical (unpaired) electrons. The summed E-state index contributed by atoms with van der Waals surface area (Å²) in [6.07, 6.45) is 0. The molecule has 0 aliphatic rings. The summed E-state index contributed by atoms with van der Waals surface area (Å²) in [5.74, 6) is 0. The SMILES string of the molecule is CC(C)(C)c1cc(C(C)(C)C)c2[nH]c3ccccc3c2c1. The number of aromatic amines is 1. The van der Waals surface area contributed by atoms with Gasteiger partial charge in [-0.1, -0.05) is 65.8 Å². The van der Waals surface area contributed by atoms with Crippen molar-refractivity contribution in [3.63, 3.8) is 0 Å². The van der Waals surface area contributed by atoms with Crippen molar-refractivity contribution < 1.29 is 0 Å². The fraction of sp³-hybridized carbons (Fsp3) is 0.400. The summed E-state index contributed by atoms with van der Waals surface area (Å²) in [6, 6.07) is 13.3. The van der Waals surface area contributed by atoms with Crippen LogP contribution in [0.4, 0.5) is 0 Å². The fourth-order valence-electron chi connectivity index (χ4n) is 2.98. The normalized spacial score (nSPS) is 13.2. The van der Waals surface area contributed by atoms with Crippen LogP contribution in [-0.4, -0.2) is 4.98 Å². The van der Waals surface area contributed by atoms with E-state index in [4.69, 9.17) is 0 Å². The summed E-state index contributed by atoms with van der Waals surface area (Å²) in [6.45, 7) is 13.7. The van der Waals surface area contributed by atoms with Crippen molar-refractivity contribution in [2.75, 3.05) is 0 Å². The molecule has 1 nitrogen and oxygen atoms in total. The quantitative estimate of drug-likeness (QED) is 0.526. The van der Waals surface area contributed by atoms with Crippen molar-refractivity contribution in [2.24, 2.45) is 0 Å². The minimum atomic E-state index is 0.125. The lowest BCUT2D eigenvalue weighted by Crippen LogP contribution is -2.16. The molecular weight excluding hydrogens is 254 g/mol. The van der Waals surface area contributed by atoms with Crippen LogP contribution in [0.25, 0.3) is 21.8 Å². The van der Waals surface area contributed by atoms with E-state index in [1.54, 1.807) is 0 Å². The van der Waals surface area contributed by atoms with Gasteiger partial charge in [0.05, 0.1) is 5.52 Å². The topological polar surface area (TPSA) is 15.8 Å². The van der Waals surface area contributed by atoms with Gasteiger partial charge in [0.1, 0.15) is 0 Å². The molecule has 0 bridgehead atoms. The lowest BCUT2D eigenvalue weighted by Gasteiger charge is -2.25. The minimum absolute atomic E-state index is 0.125. The Bertz CT molecular complexity index is 807.